The van der Waals surface area contributed by atoms with Crippen LogP contribution in [0.25, 0.3) is 0 Å². The number of anilines is 1. The molecule has 0 spiro atoms. The molecular formula is C18H24N4S. The largest absolute Gasteiger partial charge is 0.366 e. The van der Waals surface area contributed by atoms with E-state index < -0.39 is 0 Å². The van der Waals surface area contributed by atoms with Gasteiger partial charge in [-0.25, -0.2) is 4.98 Å². The van der Waals surface area contributed by atoms with Crippen molar-refractivity contribution in [2.75, 3.05) is 25.0 Å². The number of likely N-dealkylation sites (tertiary alicyclic amines) is 1. The van der Waals surface area contributed by atoms with E-state index in [2.05, 4.69) is 46.4 Å². The molecule has 1 aromatic carbocycles. The summed E-state index contributed by atoms with van der Waals surface area (Å²) in [6.45, 7) is 5.72. The number of nitrogens with zero attached hydrogens (tertiary/aromatic N) is 3. The minimum absolute atomic E-state index is 0.515. The Morgan fingerprint density at radius 1 is 1.17 bits per heavy atom. The lowest BCUT2D eigenvalue weighted by Gasteiger charge is -2.31. The van der Waals surface area contributed by atoms with Gasteiger partial charge in [-0.05, 0) is 24.9 Å². The minimum Gasteiger partial charge on any atom is -0.366 e. The summed E-state index contributed by atoms with van der Waals surface area (Å²) >= 11 is 1.73. The molecule has 0 saturated carbocycles. The fourth-order valence-corrected chi connectivity index (χ4v) is 3.63. The fourth-order valence-electron chi connectivity index (χ4n) is 2.82. The first-order valence-corrected chi connectivity index (χ1v) is 9.29. The molecule has 1 aliphatic rings. The summed E-state index contributed by atoms with van der Waals surface area (Å²) in [5.41, 5.74) is 1.31. The lowest BCUT2D eigenvalue weighted by atomic mass is 10.1. The second-order valence-electron chi connectivity index (χ2n) is 5.87. The van der Waals surface area contributed by atoms with Gasteiger partial charge in [-0.15, -0.1) is 11.8 Å². The molecule has 1 fully saturated rings. The molecule has 2 aromatic rings. The SMILES string of the molecule is CCN1CCC(Nc2cncc(SCc3ccccc3)n2)CC1. The molecule has 0 amide bonds. The van der Waals surface area contributed by atoms with Gasteiger partial charge in [-0.2, -0.15) is 0 Å². The summed E-state index contributed by atoms with van der Waals surface area (Å²) in [6.07, 6.45) is 6.03. The number of aromatic nitrogens is 2. The zero-order valence-corrected chi connectivity index (χ0v) is 14.4. The Hall–Kier alpha value is -1.59. The topological polar surface area (TPSA) is 41.0 Å². The summed E-state index contributed by atoms with van der Waals surface area (Å²) in [7, 11) is 0. The first kappa shape index (κ1) is 16.3. The van der Waals surface area contributed by atoms with Crippen molar-refractivity contribution in [3.8, 4) is 0 Å². The third-order valence-corrected chi connectivity index (χ3v) is 5.20. The second kappa shape index (κ2) is 8.31. The summed E-state index contributed by atoms with van der Waals surface area (Å²) in [6, 6.07) is 11.0. The van der Waals surface area contributed by atoms with Crippen LogP contribution < -0.4 is 5.32 Å². The Balaban J connectivity index is 1.53. The van der Waals surface area contributed by atoms with Gasteiger partial charge in [0.15, 0.2) is 0 Å². The smallest absolute Gasteiger partial charge is 0.146 e. The van der Waals surface area contributed by atoms with Crippen molar-refractivity contribution in [2.24, 2.45) is 0 Å². The molecule has 2 heterocycles. The van der Waals surface area contributed by atoms with Crippen LogP contribution in [0.1, 0.15) is 25.3 Å². The van der Waals surface area contributed by atoms with Crippen molar-refractivity contribution in [1.29, 1.82) is 0 Å². The van der Waals surface area contributed by atoms with Crippen molar-refractivity contribution in [2.45, 2.75) is 36.6 Å². The third-order valence-electron chi connectivity index (χ3n) is 4.23. The van der Waals surface area contributed by atoms with E-state index in [0.717, 1.165) is 23.1 Å². The average molecular weight is 328 g/mol. The van der Waals surface area contributed by atoms with E-state index in [9.17, 15) is 0 Å². The zero-order valence-electron chi connectivity index (χ0n) is 13.6. The van der Waals surface area contributed by atoms with Gasteiger partial charge in [0, 0.05) is 24.9 Å². The van der Waals surface area contributed by atoms with Gasteiger partial charge in [0.1, 0.15) is 10.8 Å². The molecule has 0 bridgehead atoms. The molecule has 0 radical (unpaired) electrons. The number of hydrogen-bond donors (Lipinski definition) is 1. The lowest BCUT2D eigenvalue weighted by molar-refractivity contribution is 0.229. The highest BCUT2D eigenvalue weighted by atomic mass is 32.2. The highest BCUT2D eigenvalue weighted by molar-refractivity contribution is 7.98. The van der Waals surface area contributed by atoms with E-state index in [4.69, 9.17) is 4.98 Å². The Morgan fingerprint density at radius 3 is 2.70 bits per heavy atom. The Kier molecular flexibility index (Phi) is 5.88. The van der Waals surface area contributed by atoms with E-state index >= 15 is 0 Å². The van der Waals surface area contributed by atoms with Crippen molar-refractivity contribution < 1.29 is 0 Å². The number of rotatable bonds is 6. The third kappa shape index (κ3) is 4.94. The molecule has 0 unspecified atom stereocenters. The quantitative estimate of drug-likeness (QED) is 0.820. The van der Waals surface area contributed by atoms with E-state index in [-0.39, 0.29) is 0 Å². The second-order valence-corrected chi connectivity index (χ2v) is 6.87. The summed E-state index contributed by atoms with van der Waals surface area (Å²) < 4.78 is 0. The number of benzene rings is 1. The van der Waals surface area contributed by atoms with Gasteiger partial charge >= 0.3 is 0 Å². The van der Waals surface area contributed by atoms with Gasteiger partial charge < -0.3 is 10.2 Å². The molecule has 122 valence electrons. The molecule has 1 saturated heterocycles. The predicted octanol–water partition coefficient (Wildman–Crippen LogP) is 3.67. The summed E-state index contributed by atoms with van der Waals surface area (Å²) in [5, 5.41) is 4.53. The Labute approximate surface area is 142 Å². The van der Waals surface area contributed by atoms with Gasteiger partial charge in [0.05, 0.1) is 12.4 Å². The van der Waals surface area contributed by atoms with Crippen molar-refractivity contribution in [3.63, 3.8) is 0 Å². The maximum atomic E-state index is 4.70. The average Bonchev–Trinajstić information content (AvgIpc) is 2.62. The van der Waals surface area contributed by atoms with Crippen LogP contribution in [-0.2, 0) is 5.75 Å². The van der Waals surface area contributed by atoms with Crippen LogP contribution in [-0.4, -0.2) is 40.5 Å². The molecule has 1 N–H and O–H groups in total. The van der Waals surface area contributed by atoms with Crippen LogP contribution >= 0.6 is 11.8 Å². The Morgan fingerprint density at radius 2 is 1.96 bits per heavy atom. The van der Waals surface area contributed by atoms with Crippen LogP contribution in [0.15, 0.2) is 47.8 Å². The molecule has 0 atom stereocenters. The monoisotopic (exact) mass is 328 g/mol. The number of nitrogens with one attached hydrogen (secondary N) is 1. The van der Waals surface area contributed by atoms with Crippen molar-refractivity contribution in [3.05, 3.63) is 48.3 Å². The summed E-state index contributed by atoms with van der Waals surface area (Å²) in [4.78, 5) is 11.5. The van der Waals surface area contributed by atoms with E-state index in [1.165, 1.54) is 31.5 Å². The molecule has 4 nitrogen and oxygen atoms in total. The first-order valence-electron chi connectivity index (χ1n) is 8.31. The molecule has 23 heavy (non-hydrogen) atoms. The standard InChI is InChI=1S/C18H24N4S/c1-2-22-10-8-16(9-11-22)20-17-12-19-13-18(21-17)23-14-15-6-4-3-5-7-15/h3-7,12-13,16H,2,8-11,14H2,1H3,(H,20,21). The highest BCUT2D eigenvalue weighted by Gasteiger charge is 2.18. The Bertz CT molecular complexity index is 597. The zero-order chi connectivity index (χ0) is 15.9. The maximum Gasteiger partial charge on any atom is 0.146 e. The van der Waals surface area contributed by atoms with E-state index in [1.807, 2.05) is 18.5 Å². The van der Waals surface area contributed by atoms with E-state index in [1.54, 1.807) is 11.8 Å². The van der Waals surface area contributed by atoms with Crippen LogP contribution in [0.3, 0.4) is 0 Å². The number of thioether (sulfide) groups is 1. The van der Waals surface area contributed by atoms with Gasteiger partial charge in [-0.3, -0.25) is 4.98 Å². The minimum atomic E-state index is 0.515. The molecule has 0 aliphatic carbocycles. The van der Waals surface area contributed by atoms with E-state index in [0.29, 0.717) is 6.04 Å². The van der Waals surface area contributed by atoms with Gasteiger partial charge in [-0.1, -0.05) is 37.3 Å². The van der Waals surface area contributed by atoms with Crippen LogP contribution in [0.5, 0.6) is 0 Å². The van der Waals surface area contributed by atoms with Gasteiger partial charge in [0.2, 0.25) is 0 Å². The molecule has 3 rings (SSSR count). The fraction of sp³-hybridized carbons (Fsp3) is 0.444. The molecular weight excluding hydrogens is 304 g/mol. The highest BCUT2D eigenvalue weighted by Crippen LogP contribution is 2.22. The maximum absolute atomic E-state index is 4.70. The normalized spacial score (nSPS) is 16.4. The molecule has 1 aromatic heterocycles. The molecule has 5 heteroatoms. The van der Waals surface area contributed by atoms with Crippen LogP contribution in [0.2, 0.25) is 0 Å². The van der Waals surface area contributed by atoms with Crippen LogP contribution in [0.4, 0.5) is 5.82 Å². The number of hydrogen-bond acceptors (Lipinski definition) is 5. The lowest BCUT2D eigenvalue weighted by Crippen LogP contribution is -2.39. The van der Waals surface area contributed by atoms with Crippen LogP contribution in [0, 0.1) is 0 Å². The first-order chi connectivity index (χ1) is 11.3. The molecule has 1 aliphatic heterocycles. The van der Waals surface area contributed by atoms with Gasteiger partial charge in [0.25, 0.3) is 0 Å². The van der Waals surface area contributed by atoms with Crippen molar-refractivity contribution >= 4 is 17.6 Å². The number of piperidine rings is 1. The summed E-state index contributed by atoms with van der Waals surface area (Å²) in [5.74, 6) is 1.83. The van der Waals surface area contributed by atoms with Crippen molar-refractivity contribution in [1.82, 2.24) is 14.9 Å². The predicted molar refractivity (Wildman–Crippen MR) is 96.8 cm³/mol.